The standard InChI is InChI=1S/C26H27NO7/c1-3-4-11-27-23(29)14-21(25(27)16-5-8-19(32-2)9-6-16)26(31)33-15-17-12-24(30)34-22-13-18(28)7-10-20(17)22/h5-10,12-13,21,25,28H,3-4,11,14-15H2,1-2H3/t21-,25-/m0/s1. The van der Waals surface area contributed by atoms with Crippen LogP contribution in [0.5, 0.6) is 11.5 Å². The van der Waals surface area contributed by atoms with Crippen molar-refractivity contribution in [3.05, 3.63) is 70.1 Å². The van der Waals surface area contributed by atoms with Crippen LogP contribution in [0.2, 0.25) is 0 Å². The number of esters is 1. The number of ether oxygens (including phenoxy) is 2. The van der Waals surface area contributed by atoms with Crippen molar-refractivity contribution in [1.29, 1.82) is 0 Å². The van der Waals surface area contributed by atoms with Crippen LogP contribution in [0.4, 0.5) is 0 Å². The lowest BCUT2D eigenvalue weighted by molar-refractivity contribution is -0.150. The molecule has 1 aliphatic rings. The van der Waals surface area contributed by atoms with E-state index in [-0.39, 0.29) is 30.3 Å². The summed E-state index contributed by atoms with van der Waals surface area (Å²) in [6.07, 6.45) is 1.82. The second kappa shape index (κ2) is 9.99. The predicted octanol–water partition coefficient (Wildman–Crippen LogP) is 3.94. The van der Waals surface area contributed by atoms with Crippen LogP contribution in [0.3, 0.4) is 0 Å². The number of methoxy groups -OCH3 is 1. The highest BCUT2D eigenvalue weighted by Gasteiger charge is 2.45. The maximum Gasteiger partial charge on any atom is 0.336 e. The number of likely N-dealkylation sites (tertiary alicyclic amines) is 1. The predicted molar refractivity (Wildman–Crippen MR) is 124 cm³/mol. The van der Waals surface area contributed by atoms with Gasteiger partial charge in [-0.15, -0.1) is 0 Å². The van der Waals surface area contributed by atoms with E-state index in [1.54, 1.807) is 18.1 Å². The quantitative estimate of drug-likeness (QED) is 0.397. The van der Waals surface area contributed by atoms with Crippen molar-refractivity contribution in [3.63, 3.8) is 0 Å². The highest BCUT2D eigenvalue weighted by Crippen LogP contribution is 2.40. The third kappa shape index (κ3) is 4.76. The maximum atomic E-state index is 13.2. The van der Waals surface area contributed by atoms with Gasteiger partial charge in [0.25, 0.3) is 0 Å². The molecule has 1 aromatic heterocycles. The first-order valence-electron chi connectivity index (χ1n) is 11.3. The molecule has 0 radical (unpaired) electrons. The normalized spacial score (nSPS) is 17.8. The average molecular weight is 466 g/mol. The zero-order valence-corrected chi connectivity index (χ0v) is 19.2. The summed E-state index contributed by atoms with van der Waals surface area (Å²) in [6, 6.07) is 12.6. The molecule has 3 aromatic rings. The summed E-state index contributed by atoms with van der Waals surface area (Å²) in [5.41, 5.74) is 0.900. The van der Waals surface area contributed by atoms with Crippen LogP contribution in [0.15, 0.2) is 57.7 Å². The fourth-order valence-electron chi connectivity index (χ4n) is 4.40. The largest absolute Gasteiger partial charge is 0.508 e. The summed E-state index contributed by atoms with van der Waals surface area (Å²) in [5, 5.41) is 10.2. The maximum absolute atomic E-state index is 13.2. The van der Waals surface area contributed by atoms with Crippen LogP contribution in [0.25, 0.3) is 11.0 Å². The number of nitrogens with zero attached hydrogens (tertiary/aromatic N) is 1. The summed E-state index contributed by atoms with van der Waals surface area (Å²) in [7, 11) is 1.58. The zero-order valence-electron chi connectivity index (χ0n) is 19.2. The summed E-state index contributed by atoms with van der Waals surface area (Å²) in [4.78, 5) is 39.7. The molecular weight excluding hydrogens is 438 g/mol. The minimum absolute atomic E-state index is 0.0382. The van der Waals surface area contributed by atoms with E-state index in [1.165, 1.54) is 18.2 Å². The van der Waals surface area contributed by atoms with Gasteiger partial charge in [-0.05, 0) is 36.2 Å². The molecular formula is C26H27NO7. The Hall–Kier alpha value is -3.81. The Labute approximate surface area is 196 Å². The van der Waals surface area contributed by atoms with Crippen LogP contribution in [-0.4, -0.2) is 35.5 Å². The summed E-state index contributed by atoms with van der Waals surface area (Å²) in [5.74, 6) is -0.615. The highest BCUT2D eigenvalue weighted by molar-refractivity contribution is 5.88. The molecule has 2 atom stereocenters. The third-order valence-corrected chi connectivity index (χ3v) is 6.13. The second-order valence-electron chi connectivity index (χ2n) is 8.35. The van der Waals surface area contributed by atoms with Crippen molar-refractivity contribution in [2.75, 3.05) is 13.7 Å². The molecule has 0 saturated carbocycles. The van der Waals surface area contributed by atoms with Gasteiger partial charge >= 0.3 is 11.6 Å². The molecule has 0 unspecified atom stereocenters. The Morgan fingerprint density at radius 2 is 1.91 bits per heavy atom. The van der Waals surface area contributed by atoms with Crippen molar-refractivity contribution in [2.24, 2.45) is 5.92 Å². The summed E-state index contributed by atoms with van der Waals surface area (Å²) in [6.45, 7) is 2.46. The van der Waals surface area contributed by atoms with Crippen molar-refractivity contribution < 1.29 is 28.6 Å². The van der Waals surface area contributed by atoms with Crippen LogP contribution < -0.4 is 10.4 Å². The number of carbonyl (C=O) groups excluding carboxylic acids is 2. The molecule has 1 fully saturated rings. The Kier molecular flexibility index (Phi) is 6.86. The molecule has 34 heavy (non-hydrogen) atoms. The third-order valence-electron chi connectivity index (χ3n) is 6.13. The first kappa shape index (κ1) is 23.4. The van der Waals surface area contributed by atoms with Crippen molar-refractivity contribution in [1.82, 2.24) is 4.90 Å². The molecule has 8 nitrogen and oxygen atoms in total. The molecule has 4 rings (SSSR count). The van der Waals surface area contributed by atoms with Gasteiger partial charge in [0.1, 0.15) is 23.7 Å². The number of carbonyl (C=O) groups is 2. The van der Waals surface area contributed by atoms with Crippen LogP contribution in [0, 0.1) is 5.92 Å². The van der Waals surface area contributed by atoms with Gasteiger partial charge in [0, 0.05) is 36.0 Å². The lowest BCUT2D eigenvalue weighted by Gasteiger charge is -2.28. The Balaban J connectivity index is 1.59. The van der Waals surface area contributed by atoms with E-state index in [9.17, 15) is 19.5 Å². The van der Waals surface area contributed by atoms with Crippen LogP contribution in [-0.2, 0) is 20.9 Å². The molecule has 1 amide bonds. The number of unbranched alkanes of at least 4 members (excludes halogenated alkanes) is 1. The van der Waals surface area contributed by atoms with E-state index < -0.39 is 23.6 Å². The molecule has 178 valence electrons. The first-order chi connectivity index (χ1) is 16.4. The minimum Gasteiger partial charge on any atom is -0.508 e. The van der Waals surface area contributed by atoms with E-state index in [4.69, 9.17) is 13.9 Å². The molecule has 0 spiro atoms. The summed E-state index contributed by atoms with van der Waals surface area (Å²) < 4.78 is 16.0. The molecule has 1 aliphatic heterocycles. The van der Waals surface area contributed by atoms with E-state index in [2.05, 4.69) is 6.92 Å². The number of hydrogen-bond acceptors (Lipinski definition) is 7. The molecule has 2 heterocycles. The Morgan fingerprint density at radius 3 is 2.62 bits per heavy atom. The van der Waals surface area contributed by atoms with Gasteiger partial charge in [-0.2, -0.15) is 0 Å². The van der Waals surface area contributed by atoms with Gasteiger partial charge in [0.2, 0.25) is 5.91 Å². The SMILES string of the molecule is CCCCN1C(=O)C[C@H](C(=O)OCc2cc(=O)oc3cc(O)ccc23)[C@@H]1c1ccc(OC)cc1. The Bertz CT molecular complexity index is 1250. The van der Waals surface area contributed by atoms with Gasteiger partial charge in [0.05, 0.1) is 19.1 Å². The van der Waals surface area contributed by atoms with E-state index in [0.29, 0.717) is 23.2 Å². The molecule has 2 aromatic carbocycles. The van der Waals surface area contributed by atoms with Gasteiger partial charge in [-0.25, -0.2) is 4.79 Å². The number of amides is 1. The number of fused-ring (bicyclic) bond motifs is 1. The van der Waals surface area contributed by atoms with Crippen LogP contribution in [0.1, 0.15) is 43.4 Å². The number of rotatable bonds is 8. The fraction of sp³-hybridized carbons (Fsp3) is 0.346. The zero-order chi connectivity index (χ0) is 24.2. The number of phenolic OH excluding ortho intramolecular Hbond substituents is 1. The summed E-state index contributed by atoms with van der Waals surface area (Å²) >= 11 is 0. The van der Waals surface area contributed by atoms with E-state index in [1.807, 2.05) is 24.3 Å². The Morgan fingerprint density at radius 1 is 1.15 bits per heavy atom. The second-order valence-corrected chi connectivity index (χ2v) is 8.35. The lowest BCUT2D eigenvalue weighted by atomic mass is 9.93. The van der Waals surface area contributed by atoms with Crippen LogP contribution >= 0.6 is 0 Å². The van der Waals surface area contributed by atoms with Gasteiger partial charge in [-0.1, -0.05) is 25.5 Å². The number of phenols is 1. The smallest absolute Gasteiger partial charge is 0.336 e. The minimum atomic E-state index is -0.673. The molecule has 0 bridgehead atoms. The average Bonchev–Trinajstić information content (AvgIpc) is 3.16. The molecule has 1 saturated heterocycles. The fourth-order valence-corrected chi connectivity index (χ4v) is 4.40. The molecule has 1 N–H and O–H groups in total. The highest BCUT2D eigenvalue weighted by atomic mass is 16.5. The number of hydrogen-bond donors (Lipinski definition) is 1. The monoisotopic (exact) mass is 465 g/mol. The van der Waals surface area contributed by atoms with Gasteiger partial charge in [0.15, 0.2) is 0 Å². The van der Waals surface area contributed by atoms with Crippen molar-refractivity contribution >= 4 is 22.8 Å². The van der Waals surface area contributed by atoms with Crippen molar-refractivity contribution in [3.8, 4) is 11.5 Å². The molecule has 0 aliphatic carbocycles. The van der Waals surface area contributed by atoms with Gasteiger partial charge in [-0.3, -0.25) is 9.59 Å². The lowest BCUT2D eigenvalue weighted by Crippen LogP contribution is -2.32. The van der Waals surface area contributed by atoms with E-state index >= 15 is 0 Å². The topological polar surface area (TPSA) is 106 Å². The molecule has 8 heteroatoms. The van der Waals surface area contributed by atoms with E-state index in [0.717, 1.165) is 18.4 Å². The van der Waals surface area contributed by atoms with Gasteiger partial charge < -0.3 is 23.9 Å². The number of aromatic hydroxyl groups is 1. The van der Waals surface area contributed by atoms with Crippen molar-refractivity contribution in [2.45, 2.75) is 38.8 Å². The number of benzene rings is 2. The first-order valence-corrected chi connectivity index (χ1v) is 11.3.